The lowest BCUT2D eigenvalue weighted by Gasteiger charge is -2.65. The monoisotopic (exact) mass is 1050 g/mol. The van der Waals surface area contributed by atoms with Crippen LogP contribution in [0.4, 0.5) is 4.39 Å². The fourth-order valence-corrected chi connectivity index (χ4v) is 14.6. The molecule has 2 aliphatic heterocycles. The third-order valence-electron chi connectivity index (χ3n) is 19.8. The van der Waals surface area contributed by atoms with E-state index >= 15 is 4.39 Å². The summed E-state index contributed by atoms with van der Waals surface area (Å²) in [6, 6.07) is -0.978. The van der Waals surface area contributed by atoms with Crippen molar-refractivity contribution < 1.29 is 77.9 Å². The summed E-state index contributed by atoms with van der Waals surface area (Å²) in [5.74, 6) is -5.92. The average molecular weight is 1050 g/mol. The minimum absolute atomic E-state index is 0.0514. The van der Waals surface area contributed by atoms with E-state index in [1.54, 1.807) is 54.7 Å². The van der Waals surface area contributed by atoms with Crippen molar-refractivity contribution in [3.05, 3.63) is 23.8 Å². The molecular weight excluding hydrogens is 960 g/mol. The normalized spacial score (nSPS) is 47.6. The van der Waals surface area contributed by atoms with E-state index in [1.807, 2.05) is 44.7 Å². The van der Waals surface area contributed by atoms with E-state index in [0.717, 1.165) is 0 Å². The number of esters is 3. The van der Waals surface area contributed by atoms with Crippen molar-refractivity contribution in [1.29, 1.82) is 0 Å². The van der Waals surface area contributed by atoms with Crippen LogP contribution in [0.1, 0.15) is 140 Å². The van der Waals surface area contributed by atoms with Crippen molar-refractivity contribution in [2.75, 3.05) is 34.3 Å². The van der Waals surface area contributed by atoms with E-state index in [2.05, 4.69) is 0 Å². The number of aliphatic hydroxyl groups is 6. The Morgan fingerprint density at radius 3 is 2.24 bits per heavy atom. The van der Waals surface area contributed by atoms with Crippen LogP contribution in [-0.4, -0.2) is 183 Å². The predicted octanol–water partition coefficient (Wildman–Crippen LogP) is 4.59. The predicted molar refractivity (Wildman–Crippen MR) is 271 cm³/mol. The van der Waals surface area contributed by atoms with E-state index in [9.17, 15) is 49.8 Å². The van der Waals surface area contributed by atoms with Crippen LogP contribution in [0.2, 0.25) is 0 Å². The maximum atomic E-state index is 16.1. The molecule has 3 saturated carbocycles. The van der Waals surface area contributed by atoms with Crippen LogP contribution in [0.25, 0.3) is 0 Å². The summed E-state index contributed by atoms with van der Waals surface area (Å²) in [6.45, 7) is 19.2. The van der Waals surface area contributed by atoms with Gasteiger partial charge in [0, 0.05) is 34.6 Å². The van der Waals surface area contributed by atoms with Crippen LogP contribution in [0.15, 0.2) is 23.8 Å². The molecule has 2 unspecified atom stereocenters. The van der Waals surface area contributed by atoms with Gasteiger partial charge >= 0.3 is 17.9 Å². The molecule has 2 heterocycles. The second-order valence-corrected chi connectivity index (χ2v) is 24.8. The maximum Gasteiger partial charge on any atom is 0.338 e. The zero-order valence-electron chi connectivity index (χ0n) is 46.6. The Bertz CT molecular complexity index is 2100. The Labute approximate surface area is 438 Å². The first-order valence-corrected chi connectivity index (χ1v) is 27.3. The maximum absolute atomic E-state index is 16.1. The minimum atomic E-state index is -1.99. The van der Waals surface area contributed by atoms with Crippen molar-refractivity contribution in [1.82, 2.24) is 9.80 Å². The number of alkyl halides is 1. The summed E-state index contributed by atoms with van der Waals surface area (Å²) >= 11 is 0. The van der Waals surface area contributed by atoms with Gasteiger partial charge in [-0.1, -0.05) is 47.6 Å². The van der Waals surface area contributed by atoms with Crippen LogP contribution >= 0.6 is 0 Å². The number of allylic oxidation sites excluding steroid dienone is 4. The third kappa shape index (κ3) is 10.7. The number of hydrogen-bond donors (Lipinski definition) is 6. The number of unbranched alkanes of at least 4 members (excludes halogenated alkanes) is 1. The van der Waals surface area contributed by atoms with Crippen molar-refractivity contribution in [3.63, 3.8) is 0 Å². The highest BCUT2D eigenvalue weighted by Crippen LogP contribution is 2.73. The lowest BCUT2D eigenvalue weighted by molar-refractivity contribution is -0.301. The Balaban J connectivity index is 1.13. The molecule has 0 aromatic heterocycles. The Morgan fingerprint density at radius 2 is 1.61 bits per heavy atom. The number of ether oxygens (including phenoxy) is 5. The zero-order chi connectivity index (χ0) is 55.4. The fraction of sp³-hybridized carbons (Fsp3) is 0.857. The zero-order valence-corrected chi connectivity index (χ0v) is 46.6. The molecule has 0 radical (unpaired) electrons. The number of halogens is 1. The van der Waals surface area contributed by atoms with Crippen LogP contribution in [0, 0.1) is 45.8 Å². The third-order valence-corrected chi connectivity index (χ3v) is 19.8. The van der Waals surface area contributed by atoms with Crippen LogP contribution in [0.5, 0.6) is 0 Å². The van der Waals surface area contributed by atoms with E-state index in [4.69, 9.17) is 23.7 Å². The summed E-state index contributed by atoms with van der Waals surface area (Å²) in [7, 11) is 5.48. The van der Waals surface area contributed by atoms with Crippen LogP contribution < -0.4 is 0 Å². The molecule has 4 aliphatic carbocycles. The van der Waals surface area contributed by atoms with Gasteiger partial charge in [-0.25, -0.2) is 9.18 Å². The van der Waals surface area contributed by atoms with Crippen LogP contribution in [0.3, 0.4) is 0 Å². The minimum Gasteiger partial charge on any atom is -0.464 e. The number of ketones is 1. The van der Waals surface area contributed by atoms with Gasteiger partial charge in [-0.3, -0.25) is 14.4 Å². The number of nitrogens with zero attached hydrogens (tertiary/aromatic N) is 2. The molecule has 5 fully saturated rings. The number of fused-ring (bicyclic) bond motifs is 5. The molecule has 22 atom stereocenters. The number of rotatable bonds is 11. The first-order valence-electron chi connectivity index (χ1n) is 27.3. The number of aliphatic hydroxyl groups excluding tert-OH is 3. The second-order valence-electron chi connectivity index (χ2n) is 24.8. The number of hydrogen-bond acceptors (Lipinski definition) is 17. The van der Waals surface area contributed by atoms with Crippen molar-refractivity contribution in [2.24, 2.45) is 45.8 Å². The lowest BCUT2D eigenvalue weighted by Crippen LogP contribution is -2.67. The van der Waals surface area contributed by atoms with Crippen molar-refractivity contribution in [3.8, 4) is 0 Å². The molecule has 17 nitrogen and oxygen atoms in total. The molecule has 0 bridgehead atoms. The average Bonchev–Trinajstić information content (AvgIpc) is 3.53. The molecule has 422 valence electrons. The van der Waals surface area contributed by atoms with Gasteiger partial charge in [-0.15, -0.1) is 0 Å². The quantitative estimate of drug-likeness (QED) is 0.0942. The second kappa shape index (κ2) is 22.4. The van der Waals surface area contributed by atoms with Gasteiger partial charge in [0.25, 0.3) is 0 Å². The Morgan fingerprint density at radius 1 is 0.946 bits per heavy atom. The lowest BCUT2D eigenvalue weighted by atomic mass is 9.39. The smallest absolute Gasteiger partial charge is 0.338 e. The molecule has 0 spiro atoms. The number of carbonyl (C=O) groups excluding carboxylic acids is 4. The highest BCUT2D eigenvalue weighted by atomic mass is 19.1. The summed E-state index contributed by atoms with van der Waals surface area (Å²) in [6.07, 6.45) is -3.45. The summed E-state index contributed by atoms with van der Waals surface area (Å²) < 4.78 is 47.0. The van der Waals surface area contributed by atoms with Crippen LogP contribution in [-0.2, 0) is 42.9 Å². The molecule has 0 aromatic carbocycles. The number of carbonyl (C=O) groups is 4. The van der Waals surface area contributed by atoms with Gasteiger partial charge in [-0.2, -0.15) is 0 Å². The standard InChI is InChI=1S/C56H91FN2O15/c1-15-42-55(11,68)46(64)34(6)59(14)23-18-21-53(9,67)47(32(4)44(63)33(5)48(65)72-42)74-49-45(40(58(12)13)26-31(3)71-49)73-43(62)19-16-17-24-70-50(66)56(69)30(2)25-36-37-28-39(57)38-27-35(60)20-22-51(38,7)54(37,10)41(61)29-52(36,56)8/h20,22,27,30-34,36-37,39-42,44-47,49,61,63-64,67-69H,15-19,21,23-26,28-29H2,1-14H3/t30-,31-,32+,33-,34-,36?,37?,39+,40-,41+,42-,44+,45-,46-,47-,49+,51+,52+,53-,54-,55-,56+/m1/s1. The summed E-state index contributed by atoms with van der Waals surface area (Å²) in [4.78, 5) is 57.8. The first kappa shape index (κ1) is 60.3. The summed E-state index contributed by atoms with van der Waals surface area (Å²) in [5, 5.41) is 71.6. The van der Waals surface area contributed by atoms with Gasteiger partial charge in [0.1, 0.15) is 24.0 Å². The Kier molecular flexibility index (Phi) is 18.3. The SMILES string of the molecule is CC[C@H]1OC(=O)[C@H](C)[C@@H](O)[C@H](C)[C@@H](O[C@@H]2O[C@H](C)C[C@@H](N(C)C)[C@H]2OC(=O)CCCCOC(=O)[C@@]2(O)[C@H](C)CC3C4C[C@H](F)C5=CC(=O)C=C[C@]5(C)[C@@]4(C)[C@@H](O)C[C@@]32C)[C@](C)(O)CCCN(C)[C@H](C)[C@@H](O)[C@]1(C)O. The van der Waals surface area contributed by atoms with Gasteiger partial charge in [0.2, 0.25) is 0 Å². The molecule has 74 heavy (non-hydrogen) atoms. The van der Waals surface area contributed by atoms with Crippen molar-refractivity contribution >= 4 is 23.7 Å². The molecule has 6 rings (SSSR count). The molecular formula is C56H91FN2O15. The highest BCUT2D eigenvalue weighted by molar-refractivity contribution is 6.01. The first-order chi connectivity index (χ1) is 34.3. The molecule has 6 N–H and O–H groups in total. The molecule has 0 amide bonds. The largest absolute Gasteiger partial charge is 0.464 e. The number of cyclic esters (lactones) is 1. The van der Waals surface area contributed by atoms with E-state index < -0.39 is 136 Å². The molecule has 0 aromatic rings. The molecule has 2 saturated heterocycles. The molecule has 6 aliphatic rings. The van der Waals surface area contributed by atoms with E-state index in [-0.39, 0.29) is 69.4 Å². The molecule has 18 heteroatoms. The van der Waals surface area contributed by atoms with E-state index in [0.29, 0.717) is 31.4 Å². The van der Waals surface area contributed by atoms with Gasteiger partial charge in [0.15, 0.2) is 23.8 Å². The number of likely N-dealkylation sites (N-methyl/N-ethyl adjacent to an activating group) is 2. The Hall–Kier alpha value is -2.91. The van der Waals surface area contributed by atoms with E-state index in [1.165, 1.54) is 26.0 Å². The summed E-state index contributed by atoms with van der Waals surface area (Å²) in [5.41, 5.74) is -8.06. The van der Waals surface area contributed by atoms with Gasteiger partial charge < -0.3 is 64.1 Å². The topological polar surface area (TPSA) is 242 Å². The highest BCUT2D eigenvalue weighted by Gasteiger charge is 2.75. The fourth-order valence-electron chi connectivity index (χ4n) is 14.6. The van der Waals surface area contributed by atoms with Gasteiger partial charge in [-0.05, 0) is 156 Å². The van der Waals surface area contributed by atoms with Gasteiger partial charge in [0.05, 0.1) is 48.6 Å². The van der Waals surface area contributed by atoms with Crippen molar-refractivity contribution in [2.45, 2.75) is 224 Å².